The molecule has 0 bridgehead atoms. The molecular weight excluding hydrogens is 312 g/mol. The van der Waals surface area contributed by atoms with Crippen molar-refractivity contribution in [1.29, 1.82) is 0 Å². The lowest BCUT2D eigenvalue weighted by Crippen LogP contribution is -2.26. The lowest BCUT2D eigenvalue weighted by Gasteiger charge is -2.07. The van der Waals surface area contributed by atoms with Crippen LogP contribution in [0.4, 0.5) is 5.82 Å². The summed E-state index contributed by atoms with van der Waals surface area (Å²) >= 11 is 3.25. The quantitative estimate of drug-likeness (QED) is 0.882. The molecule has 98 valence electrons. The molecule has 2 heterocycles. The van der Waals surface area contributed by atoms with Crippen LogP contribution in [0.3, 0.4) is 0 Å². The Morgan fingerprint density at radius 2 is 2.11 bits per heavy atom. The number of nitrogens with zero attached hydrogens (tertiary/aromatic N) is 2. The van der Waals surface area contributed by atoms with Crippen molar-refractivity contribution in [3.8, 4) is 0 Å². The summed E-state index contributed by atoms with van der Waals surface area (Å²) in [6.07, 6.45) is 1.56. The molecule has 6 nitrogen and oxygen atoms in total. The first-order valence-corrected chi connectivity index (χ1v) is 6.27. The summed E-state index contributed by atoms with van der Waals surface area (Å²) in [6.45, 7) is 3.40. The molecule has 1 amide bonds. The summed E-state index contributed by atoms with van der Waals surface area (Å²) in [6, 6.07) is 3.39. The van der Waals surface area contributed by atoms with Crippen LogP contribution < -0.4 is 10.9 Å². The van der Waals surface area contributed by atoms with Gasteiger partial charge in [0.15, 0.2) is 0 Å². The van der Waals surface area contributed by atoms with Crippen LogP contribution in [-0.4, -0.2) is 21.1 Å². The largest absolute Gasteiger partial charge is 0.306 e. The number of aromatic amines is 1. The summed E-state index contributed by atoms with van der Waals surface area (Å²) in [4.78, 5) is 27.8. The van der Waals surface area contributed by atoms with Gasteiger partial charge in [-0.25, -0.2) is 10.1 Å². The van der Waals surface area contributed by atoms with Gasteiger partial charge < -0.3 is 5.32 Å². The molecule has 0 atom stereocenters. The van der Waals surface area contributed by atoms with Crippen molar-refractivity contribution in [2.24, 2.45) is 0 Å². The van der Waals surface area contributed by atoms with Crippen LogP contribution in [-0.2, 0) is 0 Å². The van der Waals surface area contributed by atoms with Gasteiger partial charge in [0.2, 0.25) is 0 Å². The number of anilines is 1. The molecule has 0 aromatic carbocycles. The number of aryl methyl sites for hydroxylation is 1. The molecule has 2 aromatic rings. The van der Waals surface area contributed by atoms with Crippen LogP contribution in [0, 0.1) is 13.8 Å². The number of aromatic nitrogens is 3. The fourth-order valence-corrected chi connectivity index (χ4v) is 1.76. The van der Waals surface area contributed by atoms with Crippen LogP contribution in [0.2, 0.25) is 0 Å². The van der Waals surface area contributed by atoms with E-state index in [0.717, 1.165) is 4.47 Å². The molecule has 0 spiro atoms. The third kappa shape index (κ3) is 2.87. The van der Waals surface area contributed by atoms with E-state index >= 15 is 0 Å². The summed E-state index contributed by atoms with van der Waals surface area (Å²) in [7, 11) is 0. The van der Waals surface area contributed by atoms with Crippen molar-refractivity contribution in [3.05, 3.63) is 50.0 Å². The molecule has 0 aliphatic heterocycles. The van der Waals surface area contributed by atoms with Gasteiger partial charge in [-0.2, -0.15) is 5.10 Å². The van der Waals surface area contributed by atoms with Crippen molar-refractivity contribution < 1.29 is 4.79 Å². The van der Waals surface area contributed by atoms with E-state index in [-0.39, 0.29) is 5.56 Å². The predicted molar refractivity (Wildman–Crippen MR) is 74.2 cm³/mol. The summed E-state index contributed by atoms with van der Waals surface area (Å²) in [5.41, 5.74) is 0.696. The minimum absolute atomic E-state index is 0.0530. The zero-order valence-electron chi connectivity index (χ0n) is 10.3. The number of carbonyl (C=O) groups is 1. The predicted octanol–water partition coefficient (Wildman–Crippen LogP) is 1.80. The van der Waals surface area contributed by atoms with Crippen LogP contribution >= 0.6 is 15.9 Å². The average molecular weight is 323 g/mol. The van der Waals surface area contributed by atoms with Crippen molar-refractivity contribution in [1.82, 2.24) is 15.2 Å². The highest BCUT2D eigenvalue weighted by atomic mass is 79.9. The third-order valence-electron chi connectivity index (χ3n) is 2.67. The first-order chi connectivity index (χ1) is 8.99. The maximum Gasteiger partial charge on any atom is 0.277 e. The van der Waals surface area contributed by atoms with E-state index < -0.39 is 11.5 Å². The van der Waals surface area contributed by atoms with Gasteiger partial charge in [-0.05, 0) is 47.5 Å². The van der Waals surface area contributed by atoms with Crippen molar-refractivity contribution >= 4 is 27.7 Å². The molecule has 0 aliphatic carbocycles. The highest BCUT2D eigenvalue weighted by Gasteiger charge is 2.16. The molecular formula is C12H11BrN4O2. The lowest BCUT2D eigenvalue weighted by molar-refractivity contribution is 0.102. The number of pyridine rings is 1. The van der Waals surface area contributed by atoms with Crippen LogP contribution in [0.5, 0.6) is 0 Å². The minimum atomic E-state index is -0.516. The molecule has 0 unspecified atom stereocenters. The van der Waals surface area contributed by atoms with Gasteiger partial charge in [-0.3, -0.25) is 9.59 Å². The maximum absolute atomic E-state index is 12.1. The molecule has 0 saturated heterocycles. The third-order valence-corrected chi connectivity index (χ3v) is 3.14. The topological polar surface area (TPSA) is 87.7 Å². The van der Waals surface area contributed by atoms with E-state index in [1.165, 1.54) is 0 Å². The monoisotopic (exact) mass is 322 g/mol. The van der Waals surface area contributed by atoms with E-state index in [4.69, 9.17) is 0 Å². The number of carbonyl (C=O) groups excluding carboxylic acids is 1. The second-order valence-electron chi connectivity index (χ2n) is 3.95. The Morgan fingerprint density at radius 1 is 1.37 bits per heavy atom. The first-order valence-electron chi connectivity index (χ1n) is 5.48. The maximum atomic E-state index is 12.1. The molecule has 19 heavy (non-hydrogen) atoms. The highest BCUT2D eigenvalue weighted by Crippen LogP contribution is 2.12. The fraction of sp³-hybridized carbons (Fsp3) is 0.167. The Hall–Kier alpha value is -2.02. The molecule has 0 fully saturated rings. The molecule has 0 radical (unpaired) electrons. The average Bonchev–Trinajstić information content (AvgIpc) is 2.37. The summed E-state index contributed by atoms with van der Waals surface area (Å²) in [5, 5.41) is 8.67. The fourth-order valence-electron chi connectivity index (χ4n) is 1.53. The zero-order chi connectivity index (χ0) is 14.0. The number of hydrogen-bond donors (Lipinski definition) is 2. The van der Waals surface area contributed by atoms with E-state index in [1.807, 2.05) is 0 Å². The molecule has 2 N–H and O–H groups in total. The smallest absolute Gasteiger partial charge is 0.277 e. The minimum Gasteiger partial charge on any atom is -0.306 e. The Balaban J connectivity index is 2.33. The number of rotatable bonds is 2. The van der Waals surface area contributed by atoms with Crippen LogP contribution in [0.25, 0.3) is 0 Å². The van der Waals surface area contributed by atoms with Gasteiger partial charge in [0.05, 0.1) is 5.69 Å². The zero-order valence-corrected chi connectivity index (χ0v) is 11.9. The van der Waals surface area contributed by atoms with Gasteiger partial charge in [0.25, 0.3) is 11.5 Å². The number of nitrogens with one attached hydrogen (secondary N) is 2. The van der Waals surface area contributed by atoms with Gasteiger partial charge >= 0.3 is 0 Å². The normalized spacial score (nSPS) is 10.3. The summed E-state index contributed by atoms with van der Waals surface area (Å²) < 4.78 is 0.805. The van der Waals surface area contributed by atoms with Gasteiger partial charge in [-0.15, -0.1) is 0 Å². The van der Waals surface area contributed by atoms with Crippen LogP contribution in [0.1, 0.15) is 21.6 Å². The number of hydrogen-bond acceptors (Lipinski definition) is 4. The molecule has 0 saturated carbocycles. The SMILES string of the molecule is Cc1n[nH]c(=O)c(C(=O)Nc2ccc(Br)cn2)c1C. The Labute approximate surface area is 117 Å². The van der Waals surface area contributed by atoms with E-state index in [2.05, 4.69) is 36.4 Å². The summed E-state index contributed by atoms with van der Waals surface area (Å²) in [5.74, 6) is -0.125. The van der Waals surface area contributed by atoms with E-state index in [1.54, 1.807) is 32.2 Å². The molecule has 2 rings (SSSR count). The Morgan fingerprint density at radius 3 is 2.74 bits per heavy atom. The van der Waals surface area contributed by atoms with Crippen molar-refractivity contribution in [3.63, 3.8) is 0 Å². The van der Waals surface area contributed by atoms with Crippen molar-refractivity contribution in [2.45, 2.75) is 13.8 Å². The molecule has 7 heteroatoms. The number of halogens is 1. The van der Waals surface area contributed by atoms with E-state index in [0.29, 0.717) is 17.1 Å². The Bertz CT molecular complexity index is 679. The second kappa shape index (κ2) is 5.31. The second-order valence-corrected chi connectivity index (χ2v) is 4.87. The molecule has 2 aromatic heterocycles. The van der Waals surface area contributed by atoms with Crippen molar-refractivity contribution in [2.75, 3.05) is 5.32 Å². The standard InChI is InChI=1S/C12H11BrN4O2/c1-6-7(2)16-17-12(19)10(6)11(18)15-9-4-3-8(13)5-14-9/h3-5H,1-2H3,(H,17,19)(H,14,15,18). The lowest BCUT2D eigenvalue weighted by atomic mass is 10.1. The number of H-pyrrole nitrogens is 1. The Kier molecular flexibility index (Phi) is 3.75. The number of amides is 1. The highest BCUT2D eigenvalue weighted by molar-refractivity contribution is 9.10. The van der Waals surface area contributed by atoms with Gasteiger partial charge in [-0.1, -0.05) is 0 Å². The van der Waals surface area contributed by atoms with Gasteiger partial charge in [0, 0.05) is 10.7 Å². The van der Waals surface area contributed by atoms with E-state index in [9.17, 15) is 9.59 Å². The van der Waals surface area contributed by atoms with Gasteiger partial charge in [0.1, 0.15) is 11.4 Å². The molecule has 0 aliphatic rings. The first kappa shape index (κ1) is 13.4. The van der Waals surface area contributed by atoms with Crippen LogP contribution in [0.15, 0.2) is 27.6 Å².